The minimum absolute atomic E-state index is 0.209. The van der Waals surface area contributed by atoms with E-state index in [2.05, 4.69) is 11.9 Å². The number of carbonyl (C=O) groups is 1. The molecule has 2 rings (SSSR count). The molecule has 0 saturated heterocycles. The first kappa shape index (κ1) is 23.1. The lowest BCUT2D eigenvalue weighted by Gasteiger charge is -2.11. The zero-order valence-corrected chi connectivity index (χ0v) is 18.4. The van der Waals surface area contributed by atoms with Gasteiger partial charge in [-0.25, -0.2) is 0 Å². The molecule has 0 spiro atoms. The van der Waals surface area contributed by atoms with E-state index >= 15 is 0 Å². The molecule has 0 heterocycles. The molecule has 0 atom stereocenters. The van der Waals surface area contributed by atoms with Gasteiger partial charge in [0.2, 0.25) is 0 Å². The van der Waals surface area contributed by atoms with Crippen molar-refractivity contribution in [2.24, 2.45) is 0 Å². The van der Waals surface area contributed by atoms with Crippen molar-refractivity contribution < 1.29 is 9.90 Å². The van der Waals surface area contributed by atoms with Gasteiger partial charge in [-0.1, -0.05) is 72.1 Å². The fourth-order valence-electron chi connectivity index (χ4n) is 2.48. The fourth-order valence-corrected chi connectivity index (χ4v) is 4.12. The van der Waals surface area contributed by atoms with Crippen LogP contribution in [0.5, 0.6) is 0 Å². The third-order valence-electron chi connectivity index (χ3n) is 4.04. The molecule has 150 valence electrons. The third-order valence-corrected chi connectivity index (χ3v) is 6.28. The number of aliphatic hydroxyl groups excluding tert-OH is 1. The fraction of sp³-hybridized carbons (Fsp3) is 0.286. The van der Waals surface area contributed by atoms with Crippen LogP contribution in [0.25, 0.3) is 5.57 Å². The highest BCUT2D eigenvalue weighted by atomic mass is 35.5. The van der Waals surface area contributed by atoms with E-state index in [1.54, 1.807) is 18.2 Å². The molecule has 28 heavy (non-hydrogen) atoms. The number of aliphatic hydroxyl groups is 1. The van der Waals surface area contributed by atoms with Crippen LogP contribution in [0.4, 0.5) is 0 Å². The van der Waals surface area contributed by atoms with Crippen molar-refractivity contribution in [3.63, 3.8) is 0 Å². The van der Waals surface area contributed by atoms with E-state index in [1.807, 2.05) is 18.2 Å². The van der Waals surface area contributed by atoms with Gasteiger partial charge in [-0.05, 0) is 48.7 Å². The molecular formula is C21H22Cl3NO2S. The van der Waals surface area contributed by atoms with Gasteiger partial charge in [-0.3, -0.25) is 4.79 Å². The average molecular weight is 459 g/mol. The minimum Gasteiger partial charge on any atom is -0.396 e. The highest BCUT2D eigenvalue weighted by Gasteiger charge is 2.12. The minimum atomic E-state index is -0.209. The van der Waals surface area contributed by atoms with Crippen LogP contribution in [0.15, 0.2) is 52.8 Å². The van der Waals surface area contributed by atoms with Gasteiger partial charge in [0.05, 0.1) is 10.0 Å². The SMILES string of the molecule is C=C(C(=O)NCCCCCCO)c1ccc(Sc2ccc(Cl)cc2Cl)c(Cl)c1. The first-order chi connectivity index (χ1) is 13.4. The number of benzene rings is 2. The molecule has 2 aromatic rings. The number of carbonyl (C=O) groups excluding carboxylic acids is 1. The number of amides is 1. The van der Waals surface area contributed by atoms with Gasteiger partial charge in [0.15, 0.2) is 0 Å². The van der Waals surface area contributed by atoms with Crippen LogP contribution in [0.1, 0.15) is 31.2 Å². The van der Waals surface area contributed by atoms with E-state index < -0.39 is 0 Å². The van der Waals surface area contributed by atoms with Crippen LogP contribution in [0, 0.1) is 0 Å². The molecule has 7 heteroatoms. The van der Waals surface area contributed by atoms with Crippen molar-refractivity contribution in [3.8, 4) is 0 Å². The second kappa shape index (κ2) is 11.7. The van der Waals surface area contributed by atoms with E-state index in [4.69, 9.17) is 39.9 Å². The van der Waals surface area contributed by atoms with Crippen molar-refractivity contribution >= 4 is 58.0 Å². The molecule has 0 aliphatic carbocycles. The number of halogens is 3. The second-order valence-corrected chi connectivity index (χ2v) is 8.53. The van der Waals surface area contributed by atoms with Crippen LogP contribution in [0.2, 0.25) is 15.1 Å². The highest BCUT2D eigenvalue weighted by Crippen LogP contribution is 2.38. The van der Waals surface area contributed by atoms with Crippen molar-refractivity contribution in [3.05, 3.63) is 63.6 Å². The van der Waals surface area contributed by atoms with Crippen molar-refractivity contribution in [2.75, 3.05) is 13.2 Å². The standard InChI is InChI=1S/C21H22Cl3NO2S/c1-14(21(27)25-10-4-2-3-5-11-26)15-6-8-19(17(23)12-15)28-20-9-7-16(22)13-18(20)24/h6-9,12-13,26H,1-5,10-11H2,(H,25,27). The Labute approximate surface area is 185 Å². The lowest BCUT2D eigenvalue weighted by Crippen LogP contribution is -2.25. The normalized spacial score (nSPS) is 10.7. The molecule has 2 aromatic carbocycles. The predicted octanol–water partition coefficient (Wildman–Crippen LogP) is 6.48. The lowest BCUT2D eigenvalue weighted by molar-refractivity contribution is -0.115. The molecule has 0 fully saturated rings. The van der Waals surface area contributed by atoms with Gasteiger partial charge in [-0.15, -0.1) is 0 Å². The van der Waals surface area contributed by atoms with Crippen LogP contribution < -0.4 is 5.32 Å². The first-order valence-corrected chi connectivity index (χ1v) is 10.9. The molecule has 0 saturated carbocycles. The Morgan fingerprint density at radius 2 is 1.61 bits per heavy atom. The quantitative estimate of drug-likeness (QED) is 0.316. The Morgan fingerprint density at radius 1 is 0.964 bits per heavy atom. The largest absolute Gasteiger partial charge is 0.396 e. The van der Waals surface area contributed by atoms with E-state index in [-0.39, 0.29) is 12.5 Å². The van der Waals surface area contributed by atoms with Gasteiger partial charge in [0.25, 0.3) is 5.91 Å². The summed E-state index contributed by atoms with van der Waals surface area (Å²) in [4.78, 5) is 13.9. The average Bonchev–Trinajstić information content (AvgIpc) is 2.67. The molecule has 0 radical (unpaired) electrons. The van der Waals surface area contributed by atoms with E-state index in [0.717, 1.165) is 35.5 Å². The summed E-state index contributed by atoms with van der Waals surface area (Å²) < 4.78 is 0. The van der Waals surface area contributed by atoms with Crippen LogP contribution in [-0.4, -0.2) is 24.2 Å². The van der Waals surface area contributed by atoms with E-state index in [1.165, 1.54) is 11.8 Å². The van der Waals surface area contributed by atoms with Gasteiger partial charge >= 0.3 is 0 Å². The van der Waals surface area contributed by atoms with Gasteiger partial charge < -0.3 is 10.4 Å². The summed E-state index contributed by atoms with van der Waals surface area (Å²) in [6.45, 7) is 4.68. The summed E-state index contributed by atoms with van der Waals surface area (Å²) in [5.74, 6) is -0.209. The summed E-state index contributed by atoms with van der Waals surface area (Å²) >= 11 is 20.0. The number of nitrogens with one attached hydrogen (secondary N) is 1. The number of hydrogen-bond donors (Lipinski definition) is 2. The highest BCUT2D eigenvalue weighted by molar-refractivity contribution is 7.99. The Bertz CT molecular complexity index is 842. The molecule has 0 aromatic heterocycles. The zero-order valence-electron chi connectivity index (χ0n) is 15.3. The molecule has 3 nitrogen and oxygen atoms in total. The second-order valence-electron chi connectivity index (χ2n) is 6.19. The van der Waals surface area contributed by atoms with Crippen molar-refractivity contribution in [1.82, 2.24) is 5.32 Å². The Kier molecular flexibility index (Phi) is 9.69. The maximum Gasteiger partial charge on any atom is 0.251 e. The monoisotopic (exact) mass is 457 g/mol. The third kappa shape index (κ3) is 7.02. The Balaban J connectivity index is 1.95. The zero-order chi connectivity index (χ0) is 20.5. The van der Waals surface area contributed by atoms with Gasteiger partial charge in [0.1, 0.15) is 0 Å². The van der Waals surface area contributed by atoms with Crippen LogP contribution >= 0.6 is 46.6 Å². The summed E-state index contributed by atoms with van der Waals surface area (Å²) in [5.41, 5.74) is 1.05. The van der Waals surface area contributed by atoms with Crippen molar-refractivity contribution in [2.45, 2.75) is 35.5 Å². The Hall–Kier alpha value is -1.17. The van der Waals surface area contributed by atoms with Crippen LogP contribution in [-0.2, 0) is 4.79 Å². The van der Waals surface area contributed by atoms with Crippen molar-refractivity contribution in [1.29, 1.82) is 0 Å². The Morgan fingerprint density at radius 3 is 2.25 bits per heavy atom. The molecule has 1 amide bonds. The van der Waals surface area contributed by atoms with Gasteiger partial charge in [0, 0.05) is 33.5 Å². The summed E-state index contributed by atoms with van der Waals surface area (Å²) in [6, 6.07) is 10.7. The summed E-state index contributed by atoms with van der Waals surface area (Å²) in [5, 5.41) is 13.3. The molecule has 0 bridgehead atoms. The number of hydrogen-bond acceptors (Lipinski definition) is 3. The van der Waals surface area contributed by atoms with E-state index in [9.17, 15) is 4.79 Å². The molecule has 0 unspecified atom stereocenters. The molecule has 2 N–H and O–H groups in total. The predicted molar refractivity (Wildman–Crippen MR) is 120 cm³/mol. The van der Waals surface area contributed by atoms with Gasteiger partial charge in [-0.2, -0.15) is 0 Å². The lowest BCUT2D eigenvalue weighted by atomic mass is 10.1. The summed E-state index contributed by atoms with van der Waals surface area (Å²) in [6.07, 6.45) is 3.60. The first-order valence-electron chi connectivity index (χ1n) is 8.93. The molecular weight excluding hydrogens is 437 g/mol. The maximum atomic E-state index is 12.3. The number of unbranched alkanes of at least 4 members (excludes halogenated alkanes) is 3. The topological polar surface area (TPSA) is 49.3 Å². The number of rotatable bonds is 10. The smallest absolute Gasteiger partial charge is 0.251 e. The van der Waals surface area contributed by atoms with E-state index in [0.29, 0.717) is 32.7 Å². The maximum absolute atomic E-state index is 12.3. The summed E-state index contributed by atoms with van der Waals surface area (Å²) in [7, 11) is 0. The molecule has 0 aliphatic rings. The van der Waals surface area contributed by atoms with Crippen LogP contribution in [0.3, 0.4) is 0 Å². The molecule has 0 aliphatic heterocycles.